The second-order valence-electron chi connectivity index (χ2n) is 6.23. The Bertz CT molecular complexity index is 976. The van der Waals surface area contributed by atoms with E-state index in [2.05, 4.69) is 26.7 Å². The maximum absolute atomic E-state index is 5.71. The summed E-state index contributed by atoms with van der Waals surface area (Å²) in [6, 6.07) is 15.4. The molecule has 1 N–H and O–H groups in total. The maximum Gasteiger partial charge on any atom is 0.247 e. The first-order valence-electron chi connectivity index (χ1n) is 9.12. The Kier molecular flexibility index (Phi) is 7.00. The van der Waals surface area contributed by atoms with Crippen LogP contribution in [0.2, 0.25) is 0 Å². The van der Waals surface area contributed by atoms with Crippen LogP contribution in [0.15, 0.2) is 53.6 Å². The molecule has 0 amide bonds. The number of anilines is 1. The van der Waals surface area contributed by atoms with Gasteiger partial charge < -0.3 is 14.2 Å². The van der Waals surface area contributed by atoms with Crippen molar-refractivity contribution in [2.75, 3.05) is 26.3 Å². The fraction of sp³-hybridized carbons (Fsp3) is 0.227. The molecule has 2 aromatic carbocycles. The molecule has 0 saturated heterocycles. The van der Waals surface area contributed by atoms with Crippen molar-refractivity contribution in [3.8, 4) is 17.4 Å². The average molecular weight is 391 g/mol. The quantitative estimate of drug-likeness (QED) is 0.443. The van der Waals surface area contributed by atoms with Crippen molar-refractivity contribution in [2.45, 2.75) is 13.3 Å². The zero-order valence-corrected chi connectivity index (χ0v) is 16.7. The molecule has 3 rings (SSSR count). The molecule has 3 aromatic rings. The molecule has 0 aliphatic carbocycles. The maximum atomic E-state index is 5.71. The van der Waals surface area contributed by atoms with Crippen LogP contribution < -0.4 is 19.6 Å². The molecule has 0 aliphatic rings. The molecular formula is C22H23N4O3. The number of aryl methyl sites for hydroxylation is 1. The summed E-state index contributed by atoms with van der Waals surface area (Å²) >= 11 is 0. The summed E-state index contributed by atoms with van der Waals surface area (Å²) in [6.45, 7) is 2.48. The molecule has 0 spiro atoms. The molecule has 1 heterocycles. The number of aromatic nitrogens is 2. The SMILES string of the molecule is COc1ccc(CCOc2c[c]nc(N/N=C/c3cccc(C)c3)n2)cc1OC. The van der Waals surface area contributed by atoms with Gasteiger partial charge in [-0.05, 0) is 30.2 Å². The summed E-state index contributed by atoms with van der Waals surface area (Å²) in [5.74, 6) is 2.13. The van der Waals surface area contributed by atoms with Gasteiger partial charge in [-0.25, -0.2) is 10.4 Å². The highest BCUT2D eigenvalue weighted by molar-refractivity contribution is 5.80. The highest BCUT2D eigenvalue weighted by Crippen LogP contribution is 2.27. The van der Waals surface area contributed by atoms with Gasteiger partial charge in [0.2, 0.25) is 11.8 Å². The van der Waals surface area contributed by atoms with E-state index in [-0.39, 0.29) is 0 Å². The number of ether oxygens (including phenoxy) is 3. The van der Waals surface area contributed by atoms with Gasteiger partial charge in [0.05, 0.1) is 33.2 Å². The standard InChI is InChI=1S/C22H23N4O3/c1-16-5-4-6-18(13-16)15-24-26-22-23-11-9-21(25-22)29-12-10-17-7-8-19(27-2)20(14-17)28-3/h4-9,13-15H,10,12H2,1-3H3,(H,23,25,26)/b24-15+. The predicted octanol–water partition coefficient (Wildman–Crippen LogP) is 3.67. The molecule has 0 unspecified atom stereocenters. The van der Waals surface area contributed by atoms with Crippen LogP contribution in [0.25, 0.3) is 0 Å². The third-order valence-electron chi connectivity index (χ3n) is 4.08. The Morgan fingerprint density at radius 3 is 2.76 bits per heavy atom. The van der Waals surface area contributed by atoms with Gasteiger partial charge in [0.15, 0.2) is 11.5 Å². The van der Waals surface area contributed by atoms with Crippen molar-refractivity contribution in [1.29, 1.82) is 0 Å². The Morgan fingerprint density at radius 1 is 1.10 bits per heavy atom. The zero-order valence-electron chi connectivity index (χ0n) is 16.7. The molecule has 0 saturated carbocycles. The van der Waals surface area contributed by atoms with Crippen LogP contribution >= 0.6 is 0 Å². The van der Waals surface area contributed by atoms with Crippen molar-refractivity contribution >= 4 is 12.2 Å². The summed E-state index contributed by atoms with van der Waals surface area (Å²) < 4.78 is 16.3. The van der Waals surface area contributed by atoms with E-state index >= 15 is 0 Å². The minimum atomic E-state index is 0.317. The minimum Gasteiger partial charge on any atom is -0.493 e. The van der Waals surface area contributed by atoms with Crippen molar-refractivity contribution in [3.05, 3.63) is 71.4 Å². The fourth-order valence-electron chi connectivity index (χ4n) is 2.66. The summed E-state index contributed by atoms with van der Waals surface area (Å²) in [6.07, 6.45) is 5.16. The normalized spacial score (nSPS) is 10.7. The zero-order chi connectivity index (χ0) is 20.5. The van der Waals surface area contributed by atoms with Gasteiger partial charge in [-0.15, -0.1) is 0 Å². The van der Waals surface area contributed by atoms with Crippen LogP contribution in [-0.4, -0.2) is 37.0 Å². The molecule has 0 fully saturated rings. The number of methoxy groups -OCH3 is 2. The number of nitrogens with one attached hydrogen (secondary N) is 1. The Balaban J connectivity index is 1.53. The minimum absolute atomic E-state index is 0.317. The Hall–Kier alpha value is -3.61. The first kappa shape index (κ1) is 20.1. The van der Waals surface area contributed by atoms with Crippen LogP contribution in [0.5, 0.6) is 17.4 Å². The lowest BCUT2D eigenvalue weighted by Gasteiger charge is -2.10. The van der Waals surface area contributed by atoms with E-state index in [0.29, 0.717) is 36.4 Å². The second-order valence-corrected chi connectivity index (χ2v) is 6.23. The summed E-state index contributed by atoms with van der Waals surface area (Å²) in [5.41, 5.74) is 6.02. The van der Waals surface area contributed by atoms with E-state index in [1.807, 2.05) is 49.4 Å². The second kappa shape index (κ2) is 10.1. The van der Waals surface area contributed by atoms with E-state index < -0.39 is 0 Å². The highest BCUT2D eigenvalue weighted by Gasteiger charge is 2.05. The van der Waals surface area contributed by atoms with Gasteiger partial charge in [-0.2, -0.15) is 10.1 Å². The number of benzene rings is 2. The smallest absolute Gasteiger partial charge is 0.247 e. The Morgan fingerprint density at radius 2 is 1.97 bits per heavy atom. The molecule has 0 atom stereocenters. The molecule has 0 bridgehead atoms. The number of rotatable bonds is 9. The van der Waals surface area contributed by atoms with E-state index in [4.69, 9.17) is 14.2 Å². The van der Waals surface area contributed by atoms with Crippen molar-refractivity contribution in [3.63, 3.8) is 0 Å². The fourth-order valence-corrected chi connectivity index (χ4v) is 2.66. The van der Waals surface area contributed by atoms with Gasteiger partial charge in [-0.1, -0.05) is 35.9 Å². The van der Waals surface area contributed by atoms with Crippen LogP contribution in [0, 0.1) is 13.1 Å². The number of hydrogen-bond acceptors (Lipinski definition) is 7. The molecule has 7 nitrogen and oxygen atoms in total. The van der Waals surface area contributed by atoms with Gasteiger partial charge in [-0.3, -0.25) is 0 Å². The molecule has 29 heavy (non-hydrogen) atoms. The van der Waals surface area contributed by atoms with Gasteiger partial charge in [0.1, 0.15) is 0 Å². The van der Waals surface area contributed by atoms with Gasteiger partial charge >= 0.3 is 0 Å². The van der Waals surface area contributed by atoms with Gasteiger partial charge in [0, 0.05) is 12.5 Å². The first-order valence-corrected chi connectivity index (χ1v) is 9.12. The monoisotopic (exact) mass is 391 g/mol. The first-order chi connectivity index (χ1) is 14.2. The lowest BCUT2D eigenvalue weighted by molar-refractivity contribution is 0.308. The van der Waals surface area contributed by atoms with Crippen molar-refractivity contribution < 1.29 is 14.2 Å². The number of hydrazone groups is 1. The van der Waals surface area contributed by atoms with Crippen molar-refractivity contribution in [1.82, 2.24) is 9.97 Å². The average Bonchev–Trinajstić information content (AvgIpc) is 2.74. The summed E-state index contributed by atoms with van der Waals surface area (Å²) in [7, 11) is 3.23. The van der Waals surface area contributed by atoms with Gasteiger partial charge in [0.25, 0.3) is 0 Å². The van der Waals surface area contributed by atoms with Crippen molar-refractivity contribution in [2.24, 2.45) is 5.10 Å². The molecular weight excluding hydrogens is 368 g/mol. The van der Waals surface area contributed by atoms with Crippen LogP contribution in [0.3, 0.4) is 0 Å². The van der Waals surface area contributed by atoms with E-state index in [1.165, 1.54) is 5.56 Å². The summed E-state index contributed by atoms with van der Waals surface area (Å²) in [4.78, 5) is 8.30. The molecule has 149 valence electrons. The highest BCUT2D eigenvalue weighted by atomic mass is 16.5. The molecule has 1 radical (unpaired) electrons. The van der Waals surface area contributed by atoms with Crippen LogP contribution in [0.1, 0.15) is 16.7 Å². The number of nitrogens with zero attached hydrogens (tertiary/aromatic N) is 3. The topological polar surface area (TPSA) is 77.9 Å². The number of hydrogen-bond donors (Lipinski definition) is 1. The van der Waals surface area contributed by atoms with E-state index in [0.717, 1.165) is 11.1 Å². The van der Waals surface area contributed by atoms with E-state index in [1.54, 1.807) is 26.5 Å². The van der Waals surface area contributed by atoms with E-state index in [9.17, 15) is 0 Å². The summed E-state index contributed by atoms with van der Waals surface area (Å²) in [5, 5.41) is 4.16. The van der Waals surface area contributed by atoms with Crippen LogP contribution in [-0.2, 0) is 6.42 Å². The third-order valence-corrected chi connectivity index (χ3v) is 4.08. The molecule has 0 aliphatic heterocycles. The molecule has 7 heteroatoms. The van der Waals surface area contributed by atoms with Crippen LogP contribution in [0.4, 0.5) is 5.95 Å². The molecule has 1 aromatic heterocycles. The Labute approximate surface area is 170 Å². The lowest BCUT2D eigenvalue weighted by Crippen LogP contribution is -2.05. The predicted molar refractivity (Wildman–Crippen MR) is 112 cm³/mol. The lowest BCUT2D eigenvalue weighted by atomic mass is 10.1. The third kappa shape index (κ3) is 5.93. The largest absolute Gasteiger partial charge is 0.493 e.